The van der Waals surface area contributed by atoms with Gasteiger partial charge in [-0.2, -0.15) is 0 Å². The van der Waals surface area contributed by atoms with Gasteiger partial charge in [-0.25, -0.2) is 4.79 Å². The first-order valence-corrected chi connectivity index (χ1v) is 13.0. The maximum absolute atomic E-state index is 11.7. The highest BCUT2D eigenvalue weighted by Gasteiger charge is 2.39. The maximum atomic E-state index is 11.7. The van der Waals surface area contributed by atoms with Crippen molar-refractivity contribution in [3.8, 4) is 11.5 Å². The molecule has 4 rings (SSSR count). The Kier molecular flexibility index (Phi) is 10.1. The Hall–Kier alpha value is -3.05. The zero-order chi connectivity index (χ0) is 26.9. The van der Waals surface area contributed by atoms with E-state index in [0.29, 0.717) is 32.2 Å². The monoisotopic (exact) mass is 530 g/mol. The molecule has 3 atom stereocenters. The van der Waals surface area contributed by atoms with Crippen molar-refractivity contribution in [1.82, 2.24) is 4.90 Å². The molecule has 2 aromatic rings. The Bertz CT molecular complexity index is 1030. The molecule has 1 amide bonds. The predicted octanol–water partition coefficient (Wildman–Crippen LogP) is 2.97. The van der Waals surface area contributed by atoms with Gasteiger partial charge in [0.05, 0.1) is 50.7 Å². The molecule has 0 spiro atoms. The zero-order valence-corrected chi connectivity index (χ0v) is 22.1. The fraction of sp³-hybridized carbons (Fsp3) is 0.536. The summed E-state index contributed by atoms with van der Waals surface area (Å²) in [5, 5.41) is 20.6. The van der Waals surface area contributed by atoms with Gasteiger partial charge in [-0.3, -0.25) is 0 Å². The van der Waals surface area contributed by atoms with Crippen molar-refractivity contribution in [2.24, 2.45) is 0 Å². The fourth-order valence-corrected chi connectivity index (χ4v) is 5.01. The molecule has 0 unspecified atom stereocenters. The minimum atomic E-state index is -1.07. The van der Waals surface area contributed by atoms with Crippen LogP contribution in [0.4, 0.5) is 10.5 Å². The number of aliphatic hydroxyl groups excluding tert-OH is 1. The predicted molar refractivity (Wildman–Crippen MR) is 141 cm³/mol. The molecular weight excluding hydrogens is 492 g/mol. The molecule has 10 heteroatoms. The Morgan fingerprint density at radius 3 is 2.58 bits per heavy atom. The van der Waals surface area contributed by atoms with Crippen molar-refractivity contribution in [2.45, 2.75) is 31.2 Å². The normalized spacial score (nSPS) is 21.1. The van der Waals surface area contributed by atoms with E-state index in [0.717, 1.165) is 42.1 Å². The fourth-order valence-electron chi connectivity index (χ4n) is 5.01. The summed E-state index contributed by atoms with van der Waals surface area (Å²) < 4.78 is 28.1. The minimum absolute atomic E-state index is 0.0264. The maximum Gasteiger partial charge on any atom is 0.407 e. The van der Waals surface area contributed by atoms with Crippen molar-refractivity contribution in [1.29, 1.82) is 0 Å². The van der Waals surface area contributed by atoms with Crippen molar-refractivity contribution < 1.29 is 38.7 Å². The summed E-state index contributed by atoms with van der Waals surface area (Å²) in [6.45, 7) is 4.40. The van der Waals surface area contributed by atoms with E-state index in [2.05, 4.69) is 11.0 Å². The second-order valence-electron chi connectivity index (χ2n) is 9.52. The summed E-state index contributed by atoms with van der Waals surface area (Å²) in [4.78, 5) is 15.2. The van der Waals surface area contributed by atoms with E-state index in [-0.39, 0.29) is 25.6 Å². The van der Waals surface area contributed by atoms with Crippen LogP contribution in [0.5, 0.6) is 11.5 Å². The van der Waals surface area contributed by atoms with E-state index in [4.69, 9.17) is 23.7 Å². The van der Waals surface area contributed by atoms with Crippen molar-refractivity contribution >= 4 is 11.8 Å². The van der Waals surface area contributed by atoms with Gasteiger partial charge in [0.1, 0.15) is 24.7 Å². The third kappa shape index (κ3) is 7.08. The number of nitrogens with zero attached hydrogens (tertiary/aromatic N) is 2. The summed E-state index contributed by atoms with van der Waals surface area (Å²) in [5.41, 5.74) is 2.84. The highest BCUT2D eigenvalue weighted by atomic mass is 16.5. The van der Waals surface area contributed by atoms with Gasteiger partial charge >= 0.3 is 6.09 Å². The van der Waals surface area contributed by atoms with Gasteiger partial charge in [0.25, 0.3) is 0 Å². The number of aliphatic hydroxyl groups is 1. The summed E-state index contributed by atoms with van der Waals surface area (Å²) in [5.74, 6) is 1.16. The molecule has 1 saturated heterocycles. The molecule has 38 heavy (non-hydrogen) atoms. The average Bonchev–Trinajstić information content (AvgIpc) is 2.92. The van der Waals surface area contributed by atoms with Crippen molar-refractivity contribution in [2.75, 3.05) is 71.7 Å². The Morgan fingerprint density at radius 2 is 1.84 bits per heavy atom. The largest absolute Gasteiger partial charge is 0.491 e. The standard InChI is InChI=1S/C28H38N2O8/c1-34-12-3-10-29-11-13-37-25-9-4-20(16-23(25)29)19-38-26-18-30(28(32)33)17-24(31)27(26)21-5-7-22(8-6-21)36-15-14-35-2/h4-9,16,24,26-27,31H,3,10-15,17-19H2,1-2H3,(H,32,33)/t24-,26+,27+/m1/s1. The summed E-state index contributed by atoms with van der Waals surface area (Å²) in [7, 11) is 3.32. The van der Waals surface area contributed by atoms with Crippen LogP contribution >= 0.6 is 0 Å². The number of likely N-dealkylation sites (tertiary alicyclic amines) is 1. The highest BCUT2D eigenvalue weighted by Crippen LogP contribution is 2.35. The average molecular weight is 531 g/mol. The number of piperidine rings is 1. The second kappa shape index (κ2) is 13.7. The molecule has 0 radical (unpaired) electrons. The van der Waals surface area contributed by atoms with Crippen LogP contribution in [0.3, 0.4) is 0 Å². The third-order valence-electron chi connectivity index (χ3n) is 6.94. The van der Waals surface area contributed by atoms with Gasteiger partial charge in [-0.15, -0.1) is 0 Å². The first-order chi connectivity index (χ1) is 18.5. The number of amides is 1. The topological polar surface area (TPSA) is 110 Å². The molecule has 2 aromatic carbocycles. The third-order valence-corrected chi connectivity index (χ3v) is 6.94. The molecule has 2 heterocycles. The molecular formula is C28H38N2O8. The highest BCUT2D eigenvalue weighted by molar-refractivity contribution is 5.65. The molecule has 10 nitrogen and oxygen atoms in total. The van der Waals surface area contributed by atoms with Crippen LogP contribution < -0.4 is 14.4 Å². The van der Waals surface area contributed by atoms with Crippen LogP contribution in [-0.2, 0) is 20.8 Å². The molecule has 208 valence electrons. The van der Waals surface area contributed by atoms with Crippen LogP contribution in [0, 0.1) is 0 Å². The molecule has 0 aromatic heterocycles. The number of carboxylic acid groups (broad SMARTS) is 1. The summed E-state index contributed by atoms with van der Waals surface area (Å²) in [6, 6.07) is 13.5. The number of benzene rings is 2. The van der Waals surface area contributed by atoms with E-state index in [1.165, 1.54) is 4.90 Å². The SMILES string of the molecule is COCCCN1CCOc2ccc(CO[C@H]3CN(C(=O)O)C[C@@H](O)[C@@H]3c3ccc(OCCOC)cc3)cc21. The Balaban J connectivity index is 1.48. The second-order valence-corrected chi connectivity index (χ2v) is 9.52. The number of ether oxygens (including phenoxy) is 5. The van der Waals surface area contributed by atoms with Crippen LogP contribution in [0.2, 0.25) is 0 Å². The lowest BCUT2D eigenvalue weighted by Crippen LogP contribution is -2.53. The van der Waals surface area contributed by atoms with Gasteiger partial charge in [-0.05, 0) is 41.8 Å². The molecule has 1 fully saturated rings. The Labute approximate surface area is 223 Å². The van der Waals surface area contributed by atoms with E-state index in [9.17, 15) is 15.0 Å². The summed E-state index contributed by atoms with van der Waals surface area (Å²) >= 11 is 0. The van der Waals surface area contributed by atoms with Crippen LogP contribution in [0.1, 0.15) is 23.5 Å². The number of hydrogen-bond acceptors (Lipinski definition) is 8. The number of carbonyl (C=O) groups is 1. The first kappa shape index (κ1) is 28.0. The van der Waals surface area contributed by atoms with E-state index < -0.39 is 18.3 Å². The van der Waals surface area contributed by atoms with Gasteiger partial charge < -0.3 is 43.7 Å². The van der Waals surface area contributed by atoms with Gasteiger partial charge in [0, 0.05) is 33.3 Å². The molecule has 2 N–H and O–H groups in total. The van der Waals surface area contributed by atoms with E-state index >= 15 is 0 Å². The molecule has 2 aliphatic heterocycles. The van der Waals surface area contributed by atoms with Crippen LogP contribution in [0.15, 0.2) is 42.5 Å². The lowest BCUT2D eigenvalue weighted by atomic mass is 9.84. The number of β-amino-alcohol motifs (C(OH)–C–C–N with tert-alkyl or cyclic N) is 1. The van der Waals surface area contributed by atoms with Crippen molar-refractivity contribution in [3.63, 3.8) is 0 Å². The van der Waals surface area contributed by atoms with Crippen LogP contribution in [0.25, 0.3) is 0 Å². The quantitative estimate of drug-likeness (QED) is 0.400. The number of anilines is 1. The smallest absolute Gasteiger partial charge is 0.407 e. The summed E-state index contributed by atoms with van der Waals surface area (Å²) in [6.07, 6.45) is -1.59. The number of fused-ring (bicyclic) bond motifs is 1. The van der Waals surface area contributed by atoms with Gasteiger partial charge in [-0.1, -0.05) is 18.2 Å². The van der Waals surface area contributed by atoms with Gasteiger partial charge in [0.15, 0.2) is 0 Å². The lowest BCUT2D eigenvalue weighted by molar-refractivity contribution is -0.0660. The van der Waals surface area contributed by atoms with Crippen molar-refractivity contribution in [3.05, 3.63) is 53.6 Å². The zero-order valence-electron chi connectivity index (χ0n) is 22.1. The van der Waals surface area contributed by atoms with Gasteiger partial charge in [0.2, 0.25) is 0 Å². The van der Waals surface area contributed by atoms with E-state index in [1.54, 1.807) is 14.2 Å². The van der Waals surface area contributed by atoms with Crippen LogP contribution in [-0.4, -0.2) is 100 Å². The molecule has 0 saturated carbocycles. The lowest BCUT2D eigenvalue weighted by Gasteiger charge is -2.40. The Morgan fingerprint density at radius 1 is 1.05 bits per heavy atom. The molecule has 0 aliphatic carbocycles. The first-order valence-electron chi connectivity index (χ1n) is 13.0. The number of methoxy groups -OCH3 is 2. The molecule has 2 aliphatic rings. The molecule has 0 bridgehead atoms. The van der Waals surface area contributed by atoms with E-state index in [1.807, 2.05) is 36.4 Å². The number of hydrogen-bond donors (Lipinski definition) is 2. The minimum Gasteiger partial charge on any atom is -0.491 e. The number of rotatable bonds is 12.